The molecule has 3 nitrogen and oxygen atoms in total. The zero-order chi connectivity index (χ0) is 23.5. The monoisotopic (exact) mass is 444 g/mol. The molecule has 7 atom stereocenters. The molecule has 0 aliphatic heterocycles. The van der Waals surface area contributed by atoms with Gasteiger partial charge in [-0.2, -0.15) is 0 Å². The van der Waals surface area contributed by atoms with Crippen LogP contribution in [-0.2, 0) is 9.53 Å². The number of ether oxygens (including phenoxy) is 1. The third-order valence-corrected chi connectivity index (χ3v) is 11.6. The van der Waals surface area contributed by atoms with Crippen LogP contribution in [0.25, 0.3) is 0 Å². The molecule has 0 radical (unpaired) electrons. The Bertz CT molecular complexity index is 781. The highest BCUT2D eigenvalue weighted by molar-refractivity contribution is 5.66. The lowest BCUT2D eigenvalue weighted by atomic mass is 9.43. The molecule has 2 saturated carbocycles. The molecule has 0 spiro atoms. The molecular weight excluding hydrogens is 396 g/mol. The van der Waals surface area contributed by atoms with Crippen molar-refractivity contribution in [3.63, 3.8) is 0 Å². The van der Waals surface area contributed by atoms with Crippen LogP contribution in [0.1, 0.15) is 113 Å². The fraction of sp³-hybridized carbons (Fsp3) is 0.897. The summed E-state index contributed by atoms with van der Waals surface area (Å²) in [5, 5.41) is 9.37. The van der Waals surface area contributed by atoms with E-state index in [1.807, 2.05) is 5.57 Å². The Morgan fingerprint density at radius 2 is 1.75 bits per heavy atom. The van der Waals surface area contributed by atoms with Crippen LogP contribution in [-0.4, -0.2) is 23.8 Å². The molecule has 0 amide bonds. The predicted octanol–water partition coefficient (Wildman–Crippen LogP) is 7.08. The summed E-state index contributed by atoms with van der Waals surface area (Å²) in [7, 11) is 0. The maximum Gasteiger partial charge on any atom is 0.302 e. The van der Waals surface area contributed by atoms with Crippen LogP contribution in [0.2, 0.25) is 0 Å². The van der Waals surface area contributed by atoms with Crippen LogP contribution >= 0.6 is 0 Å². The van der Waals surface area contributed by atoms with E-state index in [9.17, 15) is 9.90 Å². The van der Waals surface area contributed by atoms with Crippen LogP contribution in [0.3, 0.4) is 0 Å². The number of hydrogen-bond acceptors (Lipinski definition) is 3. The van der Waals surface area contributed by atoms with Gasteiger partial charge in [0.1, 0.15) is 6.10 Å². The second kappa shape index (κ2) is 8.14. The average Bonchev–Trinajstić information content (AvgIpc) is 3.00. The van der Waals surface area contributed by atoms with Gasteiger partial charge in [0.05, 0.1) is 0 Å². The Hall–Kier alpha value is -0.830. The molecule has 3 heteroatoms. The van der Waals surface area contributed by atoms with Gasteiger partial charge in [-0.1, -0.05) is 52.7 Å². The summed E-state index contributed by atoms with van der Waals surface area (Å²) in [4.78, 5) is 11.8. The summed E-state index contributed by atoms with van der Waals surface area (Å²) in [5.41, 5.74) is 4.60. The summed E-state index contributed by atoms with van der Waals surface area (Å²) >= 11 is 0. The van der Waals surface area contributed by atoms with E-state index in [4.69, 9.17) is 4.74 Å². The minimum Gasteiger partial charge on any atom is -0.462 e. The fourth-order valence-corrected chi connectivity index (χ4v) is 9.64. The average molecular weight is 445 g/mol. The highest BCUT2D eigenvalue weighted by Crippen LogP contribution is 2.72. The number of esters is 1. The van der Waals surface area contributed by atoms with E-state index in [0.717, 1.165) is 31.6 Å². The van der Waals surface area contributed by atoms with Crippen LogP contribution in [0.4, 0.5) is 0 Å². The molecule has 4 aliphatic rings. The van der Waals surface area contributed by atoms with Gasteiger partial charge in [-0.15, -0.1) is 0 Å². The van der Waals surface area contributed by atoms with E-state index in [2.05, 4.69) is 41.5 Å². The molecule has 4 rings (SSSR count). The standard InChI is InChI=1S/C29H48O3/c1-19(9-8-18-30)21-12-16-29(7)23-10-11-24-26(3,4)25(32-20(2)31)14-15-27(24,5)22(23)13-17-28(21,29)6/h19,21,24-25,30H,8-18H2,1-7H3/t19-,21-,24+,25+,27-,28-,29+/m1/s1. The Kier molecular flexibility index (Phi) is 6.18. The molecule has 0 aromatic carbocycles. The lowest BCUT2D eigenvalue weighted by Crippen LogP contribution is -2.55. The third kappa shape index (κ3) is 3.35. The molecule has 32 heavy (non-hydrogen) atoms. The lowest BCUT2D eigenvalue weighted by Gasteiger charge is -2.62. The first-order chi connectivity index (χ1) is 14.9. The second-order valence-corrected chi connectivity index (χ2v) is 13.2. The van der Waals surface area contributed by atoms with Gasteiger partial charge in [0.15, 0.2) is 0 Å². The van der Waals surface area contributed by atoms with E-state index >= 15 is 0 Å². The summed E-state index contributed by atoms with van der Waals surface area (Å²) in [6.07, 6.45) is 12.0. The number of hydrogen-bond donors (Lipinski definition) is 1. The number of aliphatic hydroxyl groups is 1. The van der Waals surface area contributed by atoms with Gasteiger partial charge in [0, 0.05) is 18.9 Å². The molecule has 182 valence electrons. The fourth-order valence-electron chi connectivity index (χ4n) is 9.64. The van der Waals surface area contributed by atoms with Crippen molar-refractivity contribution in [3.05, 3.63) is 11.1 Å². The van der Waals surface area contributed by atoms with Crippen molar-refractivity contribution in [3.8, 4) is 0 Å². The molecule has 0 aromatic heterocycles. The first-order valence-electron chi connectivity index (χ1n) is 13.4. The zero-order valence-corrected chi connectivity index (χ0v) is 21.9. The van der Waals surface area contributed by atoms with Gasteiger partial charge in [-0.05, 0) is 98.2 Å². The molecule has 0 saturated heterocycles. The quantitative estimate of drug-likeness (QED) is 0.364. The molecule has 0 unspecified atom stereocenters. The number of aliphatic hydroxyl groups excluding tert-OH is 1. The van der Waals surface area contributed by atoms with Crippen LogP contribution in [0.15, 0.2) is 11.1 Å². The molecule has 0 bridgehead atoms. The van der Waals surface area contributed by atoms with Gasteiger partial charge in [0.25, 0.3) is 0 Å². The smallest absolute Gasteiger partial charge is 0.302 e. The predicted molar refractivity (Wildman–Crippen MR) is 130 cm³/mol. The molecular formula is C29H48O3. The Labute approximate surface area is 196 Å². The van der Waals surface area contributed by atoms with Gasteiger partial charge in [0.2, 0.25) is 0 Å². The first kappa shape index (κ1) is 24.3. The Morgan fingerprint density at radius 1 is 1.03 bits per heavy atom. The molecule has 2 fully saturated rings. The van der Waals surface area contributed by atoms with Crippen molar-refractivity contribution in [2.75, 3.05) is 6.61 Å². The van der Waals surface area contributed by atoms with Crippen LogP contribution in [0, 0.1) is 39.4 Å². The summed E-state index contributed by atoms with van der Waals surface area (Å²) in [5.74, 6) is 1.92. The minimum absolute atomic E-state index is 0.0237. The first-order valence-corrected chi connectivity index (χ1v) is 13.4. The van der Waals surface area contributed by atoms with Crippen molar-refractivity contribution in [1.29, 1.82) is 0 Å². The van der Waals surface area contributed by atoms with E-state index in [1.54, 1.807) is 12.5 Å². The van der Waals surface area contributed by atoms with E-state index < -0.39 is 0 Å². The van der Waals surface area contributed by atoms with Crippen molar-refractivity contribution in [2.45, 2.75) is 119 Å². The molecule has 4 aliphatic carbocycles. The van der Waals surface area contributed by atoms with E-state index in [0.29, 0.717) is 29.3 Å². The highest BCUT2D eigenvalue weighted by Gasteiger charge is 2.63. The van der Waals surface area contributed by atoms with E-state index in [1.165, 1.54) is 38.5 Å². The summed E-state index contributed by atoms with van der Waals surface area (Å²) in [6, 6.07) is 0. The Morgan fingerprint density at radius 3 is 2.41 bits per heavy atom. The van der Waals surface area contributed by atoms with Gasteiger partial charge < -0.3 is 9.84 Å². The van der Waals surface area contributed by atoms with Gasteiger partial charge >= 0.3 is 5.97 Å². The zero-order valence-electron chi connectivity index (χ0n) is 21.9. The van der Waals surface area contributed by atoms with Crippen molar-refractivity contribution in [1.82, 2.24) is 0 Å². The highest BCUT2D eigenvalue weighted by atomic mass is 16.5. The van der Waals surface area contributed by atoms with Crippen LogP contribution in [0.5, 0.6) is 0 Å². The Balaban J connectivity index is 1.67. The summed E-state index contributed by atoms with van der Waals surface area (Å²) in [6.45, 7) is 16.8. The maximum atomic E-state index is 11.8. The molecule has 1 N–H and O–H groups in total. The minimum atomic E-state index is -0.129. The number of allylic oxidation sites excluding steroid dienone is 2. The number of fused-ring (bicyclic) bond motifs is 4. The summed E-state index contributed by atoms with van der Waals surface area (Å²) < 4.78 is 5.84. The van der Waals surface area contributed by atoms with Gasteiger partial charge in [-0.25, -0.2) is 0 Å². The maximum absolute atomic E-state index is 11.8. The van der Waals surface area contributed by atoms with Crippen LogP contribution < -0.4 is 0 Å². The van der Waals surface area contributed by atoms with Crippen molar-refractivity contribution < 1.29 is 14.6 Å². The van der Waals surface area contributed by atoms with Crippen molar-refractivity contribution in [2.24, 2.45) is 39.4 Å². The number of rotatable bonds is 5. The van der Waals surface area contributed by atoms with E-state index in [-0.39, 0.29) is 22.9 Å². The topological polar surface area (TPSA) is 46.5 Å². The lowest BCUT2D eigenvalue weighted by molar-refractivity contribution is -0.167. The number of carbonyl (C=O) groups is 1. The SMILES string of the molecule is CC(=O)O[C@H]1CC[C@]2(C)C3=C(CC[C@H]2C1(C)C)[C@]1(C)CC[C@H]([C@H](C)CCCO)[C@@]1(C)CC3. The van der Waals surface area contributed by atoms with Crippen molar-refractivity contribution >= 4 is 5.97 Å². The second-order valence-electron chi connectivity index (χ2n) is 13.2. The van der Waals surface area contributed by atoms with Gasteiger partial charge in [-0.3, -0.25) is 4.79 Å². The number of carbonyl (C=O) groups excluding carboxylic acids is 1. The molecule has 0 heterocycles. The third-order valence-electron chi connectivity index (χ3n) is 11.6. The largest absolute Gasteiger partial charge is 0.462 e. The molecule has 0 aromatic rings. The normalized spacial score (nSPS) is 43.8.